The van der Waals surface area contributed by atoms with Crippen molar-refractivity contribution in [2.45, 2.75) is 31.7 Å². The zero-order valence-corrected chi connectivity index (χ0v) is 19.9. The van der Waals surface area contributed by atoms with E-state index >= 15 is 0 Å². The van der Waals surface area contributed by atoms with E-state index in [-0.39, 0.29) is 24.1 Å². The van der Waals surface area contributed by atoms with Gasteiger partial charge in [0.05, 0.1) is 0 Å². The summed E-state index contributed by atoms with van der Waals surface area (Å²) in [7, 11) is 0. The average Bonchev–Trinajstić information content (AvgIpc) is 3.33. The van der Waals surface area contributed by atoms with Crippen LogP contribution in [0.2, 0.25) is 0 Å². The number of thiophene rings is 1. The molecule has 1 unspecified atom stereocenters. The molecule has 1 aliphatic rings. The lowest BCUT2D eigenvalue weighted by atomic mass is 9.98. The van der Waals surface area contributed by atoms with Crippen molar-refractivity contribution < 1.29 is 23.8 Å². The Morgan fingerprint density at radius 2 is 1.71 bits per heavy atom. The number of ether oxygens (including phenoxy) is 1. The lowest BCUT2D eigenvalue weighted by molar-refractivity contribution is -0.139. The number of hydrogen-bond acceptors (Lipinski definition) is 4. The van der Waals surface area contributed by atoms with Gasteiger partial charge in [-0.25, -0.2) is 9.59 Å². The van der Waals surface area contributed by atoms with E-state index in [2.05, 4.69) is 17.4 Å². The number of amides is 1. The molecule has 1 aliphatic carbocycles. The fourth-order valence-corrected chi connectivity index (χ4v) is 5.66. The van der Waals surface area contributed by atoms with Crippen molar-refractivity contribution in [2.24, 2.45) is 0 Å². The SMILES string of the molecule is Cc1c(F)sc2ccc(CCC(NC(=O)OCC3c4ccccc4-c4ccccc43)C(=O)O)cc12. The van der Waals surface area contributed by atoms with Gasteiger partial charge in [0.25, 0.3) is 0 Å². The molecule has 7 heteroatoms. The minimum atomic E-state index is -1.13. The zero-order valence-electron chi connectivity index (χ0n) is 19.1. The third-order valence-corrected chi connectivity index (χ3v) is 7.66. The Labute approximate surface area is 206 Å². The molecule has 0 saturated carbocycles. The zero-order chi connectivity index (χ0) is 24.5. The maximum atomic E-state index is 13.9. The van der Waals surface area contributed by atoms with Crippen LogP contribution >= 0.6 is 11.3 Å². The van der Waals surface area contributed by atoms with Crippen molar-refractivity contribution in [2.75, 3.05) is 6.61 Å². The average molecular weight is 490 g/mol. The van der Waals surface area contributed by atoms with Crippen LogP contribution in [0, 0.1) is 12.1 Å². The summed E-state index contributed by atoms with van der Waals surface area (Å²) < 4.78 is 20.2. The van der Waals surface area contributed by atoms with E-state index in [9.17, 15) is 19.1 Å². The van der Waals surface area contributed by atoms with E-state index in [0.717, 1.165) is 49.2 Å². The molecule has 1 amide bonds. The van der Waals surface area contributed by atoms with Crippen molar-refractivity contribution in [1.82, 2.24) is 5.32 Å². The van der Waals surface area contributed by atoms with Crippen molar-refractivity contribution in [1.29, 1.82) is 0 Å². The summed E-state index contributed by atoms with van der Waals surface area (Å²) in [4.78, 5) is 24.3. The third-order valence-electron chi connectivity index (χ3n) is 6.60. The molecule has 0 aliphatic heterocycles. The van der Waals surface area contributed by atoms with E-state index in [0.29, 0.717) is 12.0 Å². The maximum Gasteiger partial charge on any atom is 0.407 e. The van der Waals surface area contributed by atoms with Crippen molar-refractivity contribution in [3.8, 4) is 11.1 Å². The second-order valence-corrected chi connectivity index (χ2v) is 9.73. The number of fused-ring (bicyclic) bond motifs is 4. The molecule has 1 aromatic heterocycles. The summed E-state index contributed by atoms with van der Waals surface area (Å²) in [5.74, 6) is -1.23. The van der Waals surface area contributed by atoms with Gasteiger partial charge in [0.1, 0.15) is 12.6 Å². The summed E-state index contributed by atoms with van der Waals surface area (Å²) in [6.45, 7) is 1.85. The Balaban J connectivity index is 1.22. The number of carboxylic acids is 1. The quantitative estimate of drug-likeness (QED) is 0.321. The van der Waals surface area contributed by atoms with Gasteiger partial charge in [-0.3, -0.25) is 0 Å². The van der Waals surface area contributed by atoms with Crippen molar-refractivity contribution in [3.63, 3.8) is 0 Å². The molecule has 1 atom stereocenters. The number of aryl methyl sites for hydroxylation is 2. The Bertz CT molecular complexity index is 1380. The summed E-state index contributed by atoms with van der Waals surface area (Å²) in [6, 6.07) is 20.5. The molecule has 0 fully saturated rings. The van der Waals surface area contributed by atoms with Gasteiger partial charge in [-0.1, -0.05) is 54.6 Å². The summed E-state index contributed by atoms with van der Waals surface area (Å²) in [5, 5.41) is 12.8. The molecule has 5 nitrogen and oxygen atoms in total. The highest BCUT2D eigenvalue weighted by Crippen LogP contribution is 2.44. The van der Waals surface area contributed by atoms with Gasteiger partial charge in [0, 0.05) is 16.2 Å². The van der Waals surface area contributed by atoms with Crippen LogP contribution < -0.4 is 5.32 Å². The number of carboxylic acid groups (broad SMARTS) is 1. The number of carbonyl (C=O) groups excluding carboxylic acids is 1. The predicted octanol–water partition coefficient (Wildman–Crippen LogP) is 6.27. The molecule has 2 N–H and O–H groups in total. The normalized spacial score (nSPS) is 13.3. The molecule has 4 aromatic rings. The molecular formula is C28H24FNO4S. The number of benzene rings is 3. The van der Waals surface area contributed by atoms with Crippen LogP contribution in [-0.2, 0) is 16.0 Å². The predicted molar refractivity (Wildman–Crippen MR) is 134 cm³/mol. The van der Waals surface area contributed by atoms with Crippen LogP contribution in [0.4, 0.5) is 9.18 Å². The first-order valence-corrected chi connectivity index (χ1v) is 12.3. The Kier molecular flexibility index (Phi) is 6.26. The van der Waals surface area contributed by atoms with Gasteiger partial charge in [-0.2, -0.15) is 4.39 Å². The van der Waals surface area contributed by atoms with E-state index in [1.165, 1.54) is 0 Å². The van der Waals surface area contributed by atoms with Crippen LogP contribution in [0.1, 0.15) is 34.6 Å². The molecule has 3 aromatic carbocycles. The molecule has 0 saturated heterocycles. The molecule has 5 rings (SSSR count). The first-order valence-electron chi connectivity index (χ1n) is 11.4. The van der Waals surface area contributed by atoms with Crippen LogP contribution in [0.5, 0.6) is 0 Å². The lowest BCUT2D eigenvalue weighted by Crippen LogP contribution is -2.41. The fourth-order valence-electron chi connectivity index (χ4n) is 4.74. The number of alkyl carbamates (subject to hydrolysis) is 1. The van der Waals surface area contributed by atoms with Crippen molar-refractivity contribution in [3.05, 3.63) is 94.1 Å². The van der Waals surface area contributed by atoms with Crippen LogP contribution in [0.3, 0.4) is 0 Å². The number of aliphatic carboxylic acids is 1. The molecule has 178 valence electrons. The minimum Gasteiger partial charge on any atom is -0.480 e. The molecule has 0 radical (unpaired) electrons. The Morgan fingerprint density at radius 1 is 1.06 bits per heavy atom. The molecular weight excluding hydrogens is 465 g/mol. The van der Waals surface area contributed by atoms with Gasteiger partial charge < -0.3 is 15.2 Å². The summed E-state index contributed by atoms with van der Waals surface area (Å²) in [6.07, 6.45) is -0.144. The monoisotopic (exact) mass is 489 g/mol. The highest BCUT2D eigenvalue weighted by atomic mass is 32.1. The number of halogens is 1. The Hall–Kier alpha value is -3.71. The van der Waals surface area contributed by atoms with Crippen LogP contribution in [-0.4, -0.2) is 29.8 Å². The number of carbonyl (C=O) groups is 2. The second-order valence-electron chi connectivity index (χ2n) is 8.73. The van der Waals surface area contributed by atoms with Gasteiger partial charge in [-0.15, -0.1) is 11.3 Å². The first-order chi connectivity index (χ1) is 16.9. The standard InChI is InChI=1S/C28H24FNO4S/c1-16-22-14-17(11-13-25(22)35-26(16)29)10-12-24(27(31)32)30-28(33)34-15-23-20-8-4-2-6-18(20)19-7-3-5-9-21(19)23/h2-9,11,13-14,23-24H,10,12,15H2,1H3,(H,30,33)(H,31,32). The van der Waals surface area contributed by atoms with Gasteiger partial charge in [0.15, 0.2) is 5.13 Å². The molecule has 1 heterocycles. The van der Waals surface area contributed by atoms with Crippen LogP contribution in [0.25, 0.3) is 21.2 Å². The molecule has 0 bridgehead atoms. The highest BCUT2D eigenvalue weighted by molar-refractivity contribution is 7.17. The highest BCUT2D eigenvalue weighted by Gasteiger charge is 2.29. The van der Waals surface area contributed by atoms with E-state index in [1.807, 2.05) is 54.6 Å². The Morgan fingerprint density at radius 3 is 2.37 bits per heavy atom. The van der Waals surface area contributed by atoms with E-state index in [4.69, 9.17) is 4.74 Å². The minimum absolute atomic E-state index is 0.0996. The summed E-state index contributed by atoms with van der Waals surface area (Å²) in [5.41, 5.74) is 5.91. The second kappa shape index (κ2) is 9.50. The van der Waals surface area contributed by atoms with Gasteiger partial charge >= 0.3 is 12.1 Å². The number of nitrogens with one attached hydrogen (secondary N) is 1. The molecule has 35 heavy (non-hydrogen) atoms. The van der Waals surface area contributed by atoms with Gasteiger partial charge in [-0.05, 0) is 65.1 Å². The lowest BCUT2D eigenvalue weighted by Gasteiger charge is -2.17. The maximum absolute atomic E-state index is 13.9. The topological polar surface area (TPSA) is 75.6 Å². The van der Waals surface area contributed by atoms with Crippen molar-refractivity contribution >= 4 is 33.5 Å². The van der Waals surface area contributed by atoms with E-state index in [1.54, 1.807) is 6.92 Å². The summed E-state index contributed by atoms with van der Waals surface area (Å²) >= 11 is 1.10. The largest absolute Gasteiger partial charge is 0.480 e. The molecule has 0 spiro atoms. The first kappa shape index (κ1) is 23.1. The van der Waals surface area contributed by atoms with Crippen LogP contribution in [0.15, 0.2) is 66.7 Å². The van der Waals surface area contributed by atoms with Gasteiger partial charge in [0.2, 0.25) is 0 Å². The smallest absolute Gasteiger partial charge is 0.407 e. The third kappa shape index (κ3) is 4.51. The number of rotatable bonds is 7. The fraction of sp³-hybridized carbons (Fsp3) is 0.214. The number of hydrogen-bond donors (Lipinski definition) is 2. The van der Waals surface area contributed by atoms with E-state index < -0.39 is 18.1 Å².